The molecule has 2 aliphatic rings. The Balaban J connectivity index is 1.94. The lowest BCUT2D eigenvalue weighted by Crippen LogP contribution is -2.42. The fraction of sp³-hybridized carbons (Fsp3) is 1.00. The van der Waals surface area contributed by atoms with Gasteiger partial charge in [0.05, 0.1) is 0 Å². The van der Waals surface area contributed by atoms with Gasteiger partial charge < -0.3 is 5.11 Å². The van der Waals surface area contributed by atoms with Gasteiger partial charge in [-0.1, -0.05) is 12.8 Å². The first-order valence-corrected chi connectivity index (χ1v) is 4.09. The van der Waals surface area contributed by atoms with Crippen LogP contribution in [0.4, 0.5) is 0 Å². The summed E-state index contributed by atoms with van der Waals surface area (Å²) in [6, 6.07) is 0. The predicted molar refractivity (Wildman–Crippen MR) is 37.5 cm³/mol. The fourth-order valence-electron chi connectivity index (χ4n) is 2.36. The molecule has 9 heavy (non-hydrogen) atoms. The van der Waals surface area contributed by atoms with Crippen molar-refractivity contribution >= 4 is 0 Å². The summed E-state index contributed by atoms with van der Waals surface area (Å²) in [5.74, 6) is 1.79. The van der Waals surface area contributed by atoms with Crippen molar-refractivity contribution in [3.8, 4) is 0 Å². The van der Waals surface area contributed by atoms with Crippen LogP contribution in [0.5, 0.6) is 0 Å². The minimum atomic E-state index is 0.329. The van der Waals surface area contributed by atoms with Gasteiger partial charge in [-0.15, -0.1) is 0 Å². The van der Waals surface area contributed by atoms with E-state index in [-0.39, 0.29) is 0 Å². The maximum Gasteiger partial charge on any atom is 0.157 e. The third kappa shape index (κ3) is 0.787. The Labute approximate surface area is 56.1 Å². The van der Waals surface area contributed by atoms with Crippen LogP contribution in [-0.4, -0.2) is 11.2 Å². The topological polar surface area (TPSA) is 22.9 Å². The van der Waals surface area contributed by atoms with Crippen LogP contribution < -0.4 is 0 Å². The van der Waals surface area contributed by atoms with Crippen molar-refractivity contribution in [2.75, 3.05) is 0 Å². The number of rotatable bonds is 0. The molecule has 0 aromatic rings. The van der Waals surface area contributed by atoms with Crippen molar-refractivity contribution < 1.29 is 5.11 Å². The molecule has 3 atom stereocenters. The smallest absolute Gasteiger partial charge is 0.157 e. The Morgan fingerprint density at radius 3 is 2.44 bits per heavy atom. The van der Waals surface area contributed by atoms with Crippen LogP contribution in [0, 0.1) is 11.8 Å². The molecule has 0 amide bonds. The highest BCUT2D eigenvalue weighted by atomic mass is 16.3. The Kier molecular flexibility index (Phi) is 1.26. The highest BCUT2D eigenvalue weighted by Crippen LogP contribution is 2.44. The van der Waals surface area contributed by atoms with E-state index in [1.54, 1.807) is 0 Å². The highest BCUT2D eigenvalue weighted by molar-refractivity contribution is 4.91. The van der Waals surface area contributed by atoms with E-state index in [0.29, 0.717) is 6.10 Å². The summed E-state index contributed by atoms with van der Waals surface area (Å²) >= 11 is 0. The molecule has 0 heterocycles. The van der Waals surface area contributed by atoms with E-state index >= 15 is 0 Å². The van der Waals surface area contributed by atoms with Gasteiger partial charge in [-0.25, -0.2) is 0 Å². The van der Waals surface area contributed by atoms with Crippen molar-refractivity contribution in [1.82, 2.24) is 0 Å². The average Bonchev–Trinajstić information content (AvgIpc) is 1.86. The van der Waals surface area contributed by atoms with Gasteiger partial charge in [0.2, 0.25) is 0 Å². The lowest BCUT2D eigenvalue weighted by molar-refractivity contribution is -0.0556. The molecule has 2 N–H and O–H groups in total. The maximum absolute atomic E-state index is 7.54. The molecular formula is C8H15O+. The van der Waals surface area contributed by atoms with E-state index in [1.165, 1.54) is 32.1 Å². The molecule has 52 valence electrons. The first-order chi connectivity index (χ1) is 4.38. The Morgan fingerprint density at radius 1 is 1.11 bits per heavy atom. The largest absolute Gasteiger partial charge is 0.443 e. The van der Waals surface area contributed by atoms with Crippen LogP contribution >= 0.6 is 0 Å². The molecule has 0 saturated heterocycles. The number of hydrogen-bond donors (Lipinski definition) is 0. The van der Waals surface area contributed by atoms with Crippen molar-refractivity contribution in [3.63, 3.8) is 0 Å². The highest BCUT2D eigenvalue weighted by Gasteiger charge is 2.44. The van der Waals surface area contributed by atoms with Gasteiger partial charge in [0, 0.05) is 12.3 Å². The molecule has 3 unspecified atom stereocenters. The Bertz CT molecular complexity index is 109. The summed E-state index contributed by atoms with van der Waals surface area (Å²) in [6.45, 7) is 0. The molecule has 0 aliphatic heterocycles. The van der Waals surface area contributed by atoms with Crippen LogP contribution in [-0.2, 0) is 0 Å². The van der Waals surface area contributed by atoms with E-state index in [2.05, 4.69) is 0 Å². The van der Waals surface area contributed by atoms with E-state index in [1.807, 2.05) is 0 Å². The fourth-order valence-corrected chi connectivity index (χ4v) is 2.36. The second kappa shape index (κ2) is 1.98. The lowest BCUT2D eigenvalue weighted by atomic mass is 9.64. The summed E-state index contributed by atoms with van der Waals surface area (Å²) in [7, 11) is 0. The summed E-state index contributed by atoms with van der Waals surface area (Å²) in [4.78, 5) is 0. The van der Waals surface area contributed by atoms with Crippen LogP contribution in [0.15, 0.2) is 0 Å². The quantitative estimate of drug-likeness (QED) is 0.438. The minimum absolute atomic E-state index is 0.329. The zero-order valence-corrected chi connectivity index (χ0v) is 5.77. The van der Waals surface area contributed by atoms with Gasteiger partial charge in [-0.05, 0) is 18.8 Å². The van der Waals surface area contributed by atoms with E-state index in [0.717, 1.165) is 11.8 Å². The molecule has 0 aromatic heterocycles. The second-order valence-electron chi connectivity index (χ2n) is 3.55. The van der Waals surface area contributed by atoms with Crippen LogP contribution in [0.1, 0.15) is 32.1 Å². The SMILES string of the molecule is [OH2+]C1CC2CCCCC12. The summed E-state index contributed by atoms with van der Waals surface area (Å²) < 4.78 is 0. The summed E-state index contributed by atoms with van der Waals surface area (Å²) in [5.41, 5.74) is 0. The molecule has 2 rings (SSSR count). The zero-order valence-electron chi connectivity index (χ0n) is 5.77. The monoisotopic (exact) mass is 127 g/mol. The lowest BCUT2D eigenvalue weighted by Gasteiger charge is -2.41. The average molecular weight is 127 g/mol. The molecule has 0 bridgehead atoms. The van der Waals surface area contributed by atoms with Gasteiger partial charge >= 0.3 is 0 Å². The molecule has 2 saturated carbocycles. The minimum Gasteiger partial charge on any atom is -0.443 e. The van der Waals surface area contributed by atoms with Gasteiger partial charge in [-0.3, -0.25) is 0 Å². The third-order valence-corrected chi connectivity index (χ3v) is 3.04. The van der Waals surface area contributed by atoms with E-state index < -0.39 is 0 Å². The van der Waals surface area contributed by atoms with Crippen molar-refractivity contribution in [2.24, 2.45) is 11.8 Å². The molecule has 0 aromatic carbocycles. The third-order valence-electron chi connectivity index (χ3n) is 3.04. The summed E-state index contributed by atoms with van der Waals surface area (Å²) in [5, 5.41) is 7.54. The normalized spacial score (nSPS) is 49.7. The van der Waals surface area contributed by atoms with Crippen molar-refractivity contribution in [1.29, 1.82) is 0 Å². The zero-order chi connectivity index (χ0) is 6.27. The molecule has 1 heteroatoms. The van der Waals surface area contributed by atoms with Gasteiger partial charge in [0.25, 0.3) is 0 Å². The Morgan fingerprint density at radius 2 is 1.89 bits per heavy atom. The van der Waals surface area contributed by atoms with Crippen LogP contribution in [0.3, 0.4) is 0 Å². The van der Waals surface area contributed by atoms with Crippen molar-refractivity contribution in [3.05, 3.63) is 0 Å². The summed E-state index contributed by atoms with van der Waals surface area (Å²) in [6.07, 6.45) is 7.17. The van der Waals surface area contributed by atoms with Crippen LogP contribution in [0.2, 0.25) is 0 Å². The van der Waals surface area contributed by atoms with E-state index in [4.69, 9.17) is 5.11 Å². The van der Waals surface area contributed by atoms with Gasteiger partial charge in [-0.2, -0.15) is 0 Å². The number of fused-ring (bicyclic) bond motifs is 1. The molecule has 2 fully saturated rings. The molecule has 0 radical (unpaired) electrons. The molecular weight excluding hydrogens is 112 g/mol. The van der Waals surface area contributed by atoms with Gasteiger partial charge in [0.1, 0.15) is 0 Å². The molecule has 0 spiro atoms. The first-order valence-electron chi connectivity index (χ1n) is 4.09. The second-order valence-corrected chi connectivity index (χ2v) is 3.55. The number of hydrogen-bond acceptors (Lipinski definition) is 0. The Hall–Kier alpha value is -0.0400. The van der Waals surface area contributed by atoms with Crippen LogP contribution in [0.25, 0.3) is 0 Å². The molecule has 2 aliphatic carbocycles. The standard InChI is InChI=1S/C8H14O/c9-8-5-6-3-1-2-4-7(6)8/h6-9H,1-5H2/p+1. The van der Waals surface area contributed by atoms with Gasteiger partial charge in [0.15, 0.2) is 6.10 Å². The first kappa shape index (κ1) is 5.72. The maximum atomic E-state index is 7.54. The predicted octanol–water partition coefficient (Wildman–Crippen LogP) is 1.29. The van der Waals surface area contributed by atoms with Crippen molar-refractivity contribution in [2.45, 2.75) is 38.2 Å². The van der Waals surface area contributed by atoms with E-state index in [9.17, 15) is 0 Å². The molecule has 1 nitrogen and oxygen atoms in total.